The number of hydrogen-bond acceptors (Lipinski definition) is 3. The van der Waals surface area contributed by atoms with Crippen LogP contribution in [0.2, 0.25) is 5.02 Å². The molecule has 0 bridgehead atoms. The van der Waals surface area contributed by atoms with Crippen LogP contribution in [0.3, 0.4) is 0 Å². The summed E-state index contributed by atoms with van der Waals surface area (Å²) in [4.78, 5) is 4.09. The fourth-order valence-electron chi connectivity index (χ4n) is 1.85. The van der Waals surface area contributed by atoms with Crippen LogP contribution >= 0.6 is 11.6 Å². The average Bonchev–Trinajstić information content (AvgIpc) is 2.98. The number of hydrogen-bond donors (Lipinski definition) is 0. The first-order valence-electron chi connectivity index (χ1n) is 5.55. The smallest absolute Gasteiger partial charge is 0.433 e. The second-order valence-corrected chi connectivity index (χ2v) is 4.51. The Balaban J connectivity index is 2.38. The molecule has 3 aromatic heterocycles. The van der Waals surface area contributed by atoms with Gasteiger partial charge in [0, 0.05) is 0 Å². The summed E-state index contributed by atoms with van der Waals surface area (Å²) in [6.07, 6.45) is -3.22. The number of rotatable bonds is 1. The predicted molar refractivity (Wildman–Crippen MR) is 65.4 cm³/mol. The van der Waals surface area contributed by atoms with Gasteiger partial charge in [0.1, 0.15) is 10.7 Å². The second-order valence-electron chi connectivity index (χ2n) is 4.14. The number of furan rings is 1. The van der Waals surface area contributed by atoms with Crippen molar-refractivity contribution >= 4 is 17.2 Å². The summed E-state index contributed by atoms with van der Waals surface area (Å²) in [7, 11) is 0. The van der Waals surface area contributed by atoms with E-state index in [0.717, 1.165) is 6.07 Å². The molecule has 0 N–H and O–H groups in total. The molecule has 0 unspecified atom stereocenters. The van der Waals surface area contributed by atoms with Crippen molar-refractivity contribution in [3.63, 3.8) is 0 Å². The van der Waals surface area contributed by atoms with E-state index in [2.05, 4.69) is 10.1 Å². The molecule has 3 rings (SSSR count). The Hall–Kier alpha value is -2.02. The Morgan fingerprint density at radius 3 is 2.70 bits per heavy atom. The Labute approximate surface area is 115 Å². The second kappa shape index (κ2) is 4.24. The van der Waals surface area contributed by atoms with Gasteiger partial charge in [-0.05, 0) is 25.1 Å². The Kier molecular flexibility index (Phi) is 2.75. The fourth-order valence-corrected chi connectivity index (χ4v) is 2.01. The predicted octanol–water partition coefficient (Wildman–Crippen LogP) is 3.97. The summed E-state index contributed by atoms with van der Waals surface area (Å²) < 4.78 is 45.1. The molecule has 20 heavy (non-hydrogen) atoms. The summed E-state index contributed by atoms with van der Waals surface area (Å²) >= 11 is 5.95. The van der Waals surface area contributed by atoms with Crippen LogP contribution in [-0.2, 0) is 6.18 Å². The highest BCUT2D eigenvalue weighted by molar-refractivity contribution is 6.34. The first-order chi connectivity index (χ1) is 9.38. The van der Waals surface area contributed by atoms with Gasteiger partial charge in [-0.15, -0.1) is 0 Å². The summed E-state index contributed by atoms with van der Waals surface area (Å²) in [5, 5.41) is 3.86. The van der Waals surface area contributed by atoms with Crippen molar-refractivity contribution in [1.29, 1.82) is 0 Å². The van der Waals surface area contributed by atoms with Gasteiger partial charge in [0.2, 0.25) is 0 Å². The number of alkyl halides is 3. The minimum absolute atomic E-state index is 0.0506. The quantitative estimate of drug-likeness (QED) is 0.683. The zero-order chi connectivity index (χ0) is 14.5. The lowest BCUT2D eigenvalue weighted by molar-refractivity contribution is -0.142. The van der Waals surface area contributed by atoms with Crippen molar-refractivity contribution in [3.8, 4) is 11.5 Å². The topological polar surface area (TPSA) is 43.3 Å². The van der Waals surface area contributed by atoms with Gasteiger partial charge in [-0.25, -0.2) is 9.50 Å². The van der Waals surface area contributed by atoms with Crippen molar-refractivity contribution in [2.75, 3.05) is 0 Å². The van der Waals surface area contributed by atoms with E-state index >= 15 is 0 Å². The van der Waals surface area contributed by atoms with E-state index in [1.54, 1.807) is 6.07 Å². The molecule has 0 aliphatic heterocycles. The molecule has 0 aromatic carbocycles. The highest BCUT2D eigenvalue weighted by Gasteiger charge is 2.36. The van der Waals surface area contributed by atoms with Crippen molar-refractivity contribution in [2.24, 2.45) is 0 Å². The molecule has 0 saturated carbocycles. The van der Waals surface area contributed by atoms with Crippen LogP contribution in [0.4, 0.5) is 13.2 Å². The van der Waals surface area contributed by atoms with E-state index in [4.69, 9.17) is 16.0 Å². The van der Waals surface area contributed by atoms with E-state index in [1.807, 2.05) is 0 Å². The highest BCUT2D eigenvalue weighted by atomic mass is 35.5. The SMILES string of the molecule is Cc1nn2c(C(F)(F)F)cc(-c3ccco3)nc2c1Cl. The maximum atomic E-state index is 13.1. The molecular formula is C12H7ClF3N3O. The summed E-state index contributed by atoms with van der Waals surface area (Å²) in [5.41, 5.74) is -0.674. The molecule has 0 atom stereocenters. The third kappa shape index (κ3) is 1.94. The zero-order valence-corrected chi connectivity index (χ0v) is 10.8. The molecule has 3 aromatic rings. The zero-order valence-electron chi connectivity index (χ0n) is 10.1. The number of aryl methyl sites for hydroxylation is 1. The molecule has 0 saturated heterocycles. The van der Waals surface area contributed by atoms with Gasteiger partial charge in [0.15, 0.2) is 17.1 Å². The Morgan fingerprint density at radius 2 is 2.10 bits per heavy atom. The van der Waals surface area contributed by atoms with Crippen LogP contribution in [-0.4, -0.2) is 14.6 Å². The van der Waals surface area contributed by atoms with Crippen molar-refractivity contribution < 1.29 is 17.6 Å². The van der Waals surface area contributed by atoms with Gasteiger partial charge in [-0.2, -0.15) is 18.3 Å². The van der Waals surface area contributed by atoms with E-state index in [-0.39, 0.29) is 27.8 Å². The molecule has 0 aliphatic carbocycles. The lowest BCUT2D eigenvalue weighted by Gasteiger charge is -2.09. The van der Waals surface area contributed by atoms with Crippen LogP contribution in [0.25, 0.3) is 17.1 Å². The van der Waals surface area contributed by atoms with Gasteiger partial charge in [-0.1, -0.05) is 11.6 Å². The van der Waals surface area contributed by atoms with Gasteiger partial charge in [0.25, 0.3) is 0 Å². The van der Waals surface area contributed by atoms with E-state index in [1.165, 1.54) is 19.3 Å². The van der Waals surface area contributed by atoms with Crippen LogP contribution in [0, 0.1) is 6.92 Å². The molecule has 0 aliphatic rings. The summed E-state index contributed by atoms with van der Waals surface area (Å²) in [6.45, 7) is 1.52. The molecule has 0 amide bonds. The van der Waals surface area contributed by atoms with Crippen molar-refractivity contribution in [2.45, 2.75) is 13.1 Å². The largest absolute Gasteiger partial charge is 0.463 e. The first-order valence-corrected chi connectivity index (χ1v) is 5.92. The maximum absolute atomic E-state index is 13.1. The Morgan fingerprint density at radius 1 is 1.35 bits per heavy atom. The van der Waals surface area contributed by atoms with E-state index < -0.39 is 11.9 Å². The molecule has 8 heteroatoms. The number of halogens is 4. The van der Waals surface area contributed by atoms with Crippen LogP contribution in [0.5, 0.6) is 0 Å². The number of fused-ring (bicyclic) bond motifs is 1. The monoisotopic (exact) mass is 301 g/mol. The van der Waals surface area contributed by atoms with Crippen LogP contribution in [0.1, 0.15) is 11.4 Å². The molecule has 4 nitrogen and oxygen atoms in total. The average molecular weight is 302 g/mol. The van der Waals surface area contributed by atoms with Crippen molar-refractivity contribution in [1.82, 2.24) is 14.6 Å². The summed E-state index contributed by atoms with van der Waals surface area (Å²) in [6, 6.07) is 3.97. The number of nitrogens with zero attached hydrogens (tertiary/aromatic N) is 3. The van der Waals surface area contributed by atoms with Gasteiger partial charge < -0.3 is 4.42 Å². The van der Waals surface area contributed by atoms with Crippen LogP contribution < -0.4 is 0 Å². The third-order valence-corrected chi connectivity index (χ3v) is 3.20. The molecule has 104 valence electrons. The molecular weight excluding hydrogens is 295 g/mol. The standard InChI is InChI=1S/C12H7ClF3N3O/c1-6-10(13)11-17-7(8-3-2-4-20-8)5-9(12(14,15)16)19(11)18-6/h2-5H,1H3. The Bertz CT molecular complexity index is 777. The van der Waals surface area contributed by atoms with Crippen molar-refractivity contribution in [3.05, 3.63) is 40.9 Å². The molecule has 0 fully saturated rings. The lowest BCUT2D eigenvalue weighted by atomic mass is 10.2. The number of aromatic nitrogens is 3. The lowest BCUT2D eigenvalue weighted by Crippen LogP contribution is -2.13. The summed E-state index contributed by atoms with van der Waals surface area (Å²) in [5.74, 6) is 0.230. The van der Waals surface area contributed by atoms with E-state index in [0.29, 0.717) is 4.52 Å². The third-order valence-electron chi connectivity index (χ3n) is 2.76. The fraction of sp³-hybridized carbons (Fsp3) is 0.167. The maximum Gasteiger partial charge on any atom is 0.433 e. The highest BCUT2D eigenvalue weighted by Crippen LogP contribution is 2.34. The van der Waals surface area contributed by atoms with Gasteiger partial charge in [0.05, 0.1) is 12.0 Å². The minimum Gasteiger partial charge on any atom is -0.463 e. The minimum atomic E-state index is -4.58. The van der Waals surface area contributed by atoms with Gasteiger partial charge >= 0.3 is 6.18 Å². The van der Waals surface area contributed by atoms with E-state index in [9.17, 15) is 13.2 Å². The van der Waals surface area contributed by atoms with Crippen LogP contribution in [0.15, 0.2) is 28.9 Å². The first kappa shape index (κ1) is 13.0. The van der Waals surface area contributed by atoms with Gasteiger partial charge in [-0.3, -0.25) is 0 Å². The molecule has 0 radical (unpaired) electrons. The molecule has 0 spiro atoms. The molecule has 3 heterocycles. The normalized spacial score (nSPS) is 12.2.